The number of furan rings is 1. The van der Waals surface area contributed by atoms with E-state index in [4.69, 9.17) is 13.9 Å². The van der Waals surface area contributed by atoms with Crippen LogP contribution in [0.5, 0.6) is 11.5 Å². The van der Waals surface area contributed by atoms with Gasteiger partial charge >= 0.3 is 0 Å². The van der Waals surface area contributed by atoms with Crippen molar-refractivity contribution in [3.63, 3.8) is 0 Å². The molecule has 2 aromatic heterocycles. The zero-order chi connectivity index (χ0) is 22.0. The van der Waals surface area contributed by atoms with Crippen molar-refractivity contribution in [2.45, 2.75) is 0 Å². The van der Waals surface area contributed by atoms with Crippen LogP contribution in [0.15, 0.2) is 52.9 Å². The number of nitro benzene ring substituents is 1. The smallest absolute Gasteiger partial charge is 0.270 e. The van der Waals surface area contributed by atoms with E-state index in [0.29, 0.717) is 39.9 Å². The zero-order valence-electron chi connectivity index (χ0n) is 16.6. The van der Waals surface area contributed by atoms with Gasteiger partial charge in [0.25, 0.3) is 5.69 Å². The van der Waals surface area contributed by atoms with E-state index >= 15 is 0 Å². The Hall–Kier alpha value is -4.58. The van der Waals surface area contributed by atoms with Crippen LogP contribution in [-0.4, -0.2) is 29.1 Å². The Morgan fingerprint density at radius 1 is 1.19 bits per heavy atom. The van der Waals surface area contributed by atoms with Gasteiger partial charge in [0.05, 0.1) is 41.3 Å². The lowest BCUT2D eigenvalue weighted by Crippen LogP contribution is -1.91. The van der Waals surface area contributed by atoms with Crippen LogP contribution < -0.4 is 9.47 Å². The molecule has 0 aliphatic rings. The van der Waals surface area contributed by atoms with Crippen LogP contribution in [0.1, 0.15) is 11.6 Å². The van der Waals surface area contributed by atoms with Crippen LogP contribution >= 0.6 is 0 Å². The van der Waals surface area contributed by atoms with Gasteiger partial charge in [0.1, 0.15) is 34.9 Å². The number of hydrogen-bond donors (Lipinski definition) is 1. The van der Waals surface area contributed by atoms with Gasteiger partial charge in [0.2, 0.25) is 0 Å². The van der Waals surface area contributed by atoms with Crippen LogP contribution in [-0.2, 0) is 0 Å². The van der Waals surface area contributed by atoms with E-state index in [1.165, 1.54) is 25.3 Å². The van der Waals surface area contributed by atoms with E-state index in [0.717, 1.165) is 5.52 Å². The Kier molecular flexibility index (Phi) is 5.12. The lowest BCUT2D eigenvalue weighted by molar-refractivity contribution is -0.384. The second kappa shape index (κ2) is 8.04. The van der Waals surface area contributed by atoms with Gasteiger partial charge in [-0.25, -0.2) is 4.98 Å². The molecular formula is C22H16N4O5. The first kappa shape index (κ1) is 19.7. The molecule has 0 fully saturated rings. The van der Waals surface area contributed by atoms with E-state index < -0.39 is 4.92 Å². The number of allylic oxidation sites excluding steroid dienone is 1. The second-order valence-corrected chi connectivity index (χ2v) is 6.48. The number of aromatic amines is 1. The lowest BCUT2D eigenvalue weighted by atomic mass is 10.1. The summed E-state index contributed by atoms with van der Waals surface area (Å²) in [5.74, 6) is 2.25. The van der Waals surface area contributed by atoms with Crippen LogP contribution in [0.2, 0.25) is 0 Å². The minimum Gasteiger partial charge on any atom is -0.497 e. The highest BCUT2D eigenvalue weighted by Crippen LogP contribution is 2.35. The van der Waals surface area contributed by atoms with Crippen LogP contribution in [0.4, 0.5) is 5.69 Å². The van der Waals surface area contributed by atoms with E-state index in [1.54, 1.807) is 43.5 Å². The zero-order valence-corrected chi connectivity index (χ0v) is 16.6. The van der Waals surface area contributed by atoms with Crippen LogP contribution in [0.3, 0.4) is 0 Å². The molecule has 2 aromatic carbocycles. The molecule has 9 heteroatoms. The molecule has 0 saturated heterocycles. The number of hydrogen-bond acceptors (Lipinski definition) is 7. The highest BCUT2D eigenvalue weighted by atomic mass is 16.6. The van der Waals surface area contributed by atoms with E-state index in [1.807, 2.05) is 0 Å². The third-order valence-electron chi connectivity index (χ3n) is 4.64. The molecule has 0 saturated carbocycles. The minimum atomic E-state index is -0.489. The first-order valence-electron chi connectivity index (χ1n) is 9.11. The van der Waals surface area contributed by atoms with Gasteiger partial charge < -0.3 is 18.9 Å². The average molecular weight is 416 g/mol. The summed E-state index contributed by atoms with van der Waals surface area (Å²) in [6, 6.07) is 15.1. The number of H-pyrrole nitrogens is 1. The highest BCUT2D eigenvalue weighted by molar-refractivity contribution is 5.90. The van der Waals surface area contributed by atoms with E-state index in [2.05, 4.69) is 16.0 Å². The number of aromatic nitrogens is 2. The van der Waals surface area contributed by atoms with Crippen molar-refractivity contribution in [2.75, 3.05) is 14.2 Å². The van der Waals surface area contributed by atoms with Gasteiger partial charge in [-0.15, -0.1) is 0 Å². The van der Waals surface area contributed by atoms with Crippen molar-refractivity contribution >= 4 is 28.4 Å². The Morgan fingerprint density at radius 2 is 2.03 bits per heavy atom. The first-order valence-corrected chi connectivity index (χ1v) is 9.11. The number of non-ortho nitro benzene ring substituents is 1. The standard InChI is InChI=1S/C22H16N4O5/c1-29-15-4-6-18-19(11-15)25-22(24-18)13(12-23)9-16-5-8-21(31-16)17-10-14(26(27)28)3-7-20(17)30-2/h3-11H,1-2H3,(H,24,25). The van der Waals surface area contributed by atoms with Gasteiger partial charge in [0, 0.05) is 24.3 Å². The average Bonchev–Trinajstić information content (AvgIpc) is 3.43. The summed E-state index contributed by atoms with van der Waals surface area (Å²) in [4.78, 5) is 18.2. The number of fused-ring (bicyclic) bond motifs is 1. The van der Waals surface area contributed by atoms with Gasteiger partial charge in [-0.3, -0.25) is 10.1 Å². The Bertz CT molecular complexity index is 1360. The minimum absolute atomic E-state index is 0.0836. The molecule has 0 amide bonds. The number of rotatable bonds is 6. The Balaban J connectivity index is 1.71. The number of benzene rings is 2. The molecule has 0 atom stereocenters. The van der Waals surface area contributed by atoms with E-state index in [-0.39, 0.29) is 11.3 Å². The van der Waals surface area contributed by atoms with Gasteiger partial charge in [-0.05, 0) is 30.3 Å². The number of nitro groups is 1. The molecule has 9 nitrogen and oxygen atoms in total. The lowest BCUT2D eigenvalue weighted by Gasteiger charge is -2.05. The van der Waals surface area contributed by atoms with Crippen LogP contribution in [0.25, 0.3) is 34.0 Å². The number of methoxy groups -OCH3 is 2. The highest BCUT2D eigenvalue weighted by Gasteiger charge is 2.16. The molecule has 154 valence electrons. The topological polar surface area (TPSA) is 127 Å². The largest absolute Gasteiger partial charge is 0.497 e. The van der Waals surface area contributed by atoms with Crippen molar-refractivity contribution in [3.05, 3.63) is 70.2 Å². The summed E-state index contributed by atoms with van der Waals surface area (Å²) in [6.45, 7) is 0. The van der Waals surface area contributed by atoms with E-state index in [9.17, 15) is 15.4 Å². The van der Waals surface area contributed by atoms with Gasteiger partial charge in [0.15, 0.2) is 0 Å². The first-order chi connectivity index (χ1) is 15.0. The molecule has 2 heterocycles. The quantitative estimate of drug-likeness (QED) is 0.271. The summed E-state index contributed by atoms with van der Waals surface area (Å²) >= 11 is 0. The predicted octanol–water partition coefficient (Wildman–Crippen LogP) is 4.81. The van der Waals surface area contributed by atoms with Crippen molar-refractivity contribution < 1.29 is 18.8 Å². The maximum absolute atomic E-state index is 11.1. The number of imidazole rings is 1. The molecule has 0 unspecified atom stereocenters. The molecule has 4 aromatic rings. The normalized spacial score (nSPS) is 11.3. The number of ether oxygens (including phenoxy) is 2. The fraction of sp³-hybridized carbons (Fsp3) is 0.0909. The molecule has 0 bridgehead atoms. The molecule has 0 aliphatic carbocycles. The summed E-state index contributed by atoms with van der Waals surface area (Å²) in [7, 11) is 3.04. The Labute approximate surface area is 176 Å². The summed E-state index contributed by atoms with van der Waals surface area (Å²) in [5.41, 5.74) is 2.04. The molecule has 1 N–H and O–H groups in total. The molecule has 0 spiro atoms. The maximum Gasteiger partial charge on any atom is 0.270 e. The van der Waals surface area contributed by atoms with Crippen LogP contribution in [0, 0.1) is 21.4 Å². The summed E-state index contributed by atoms with van der Waals surface area (Å²) in [5, 5.41) is 20.7. The third-order valence-corrected chi connectivity index (χ3v) is 4.64. The predicted molar refractivity (Wildman–Crippen MR) is 113 cm³/mol. The van der Waals surface area contributed by atoms with Gasteiger partial charge in [-0.2, -0.15) is 5.26 Å². The molecule has 4 rings (SSSR count). The summed E-state index contributed by atoms with van der Waals surface area (Å²) < 4.78 is 16.3. The summed E-state index contributed by atoms with van der Waals surface area (Å²) in [6.07, 6.45) is 1.54. The maximum atomic E-state index is 11.1. The van der Waals surface area contributed by atoms with Crippen molar-refractivity contribution in [2.24, 2.45) is 0 Å². The molecule has 0 radical (unpaired) electrons. The number of nitrogens with zero attached hydrogens (tertiary/aromatic N) is 3. The third kappa shape index (κ3) is 3.82. The van der Waals surface area contributed by atoms with Crippen molar-refractivity contribution in [1.29, 1.82) is 5.26 Å². The fourth-order valence-corrected chi connectivity index (χ4v) is 3.12. The van der Waals surface area contributed by atoms with Crippen molar-refractivity contribution in [3.8, 4) is 28.9 Å². The number of nitrogens with one attached hydrogen (secondary N) is 1. The molecule has 0 aliphatic heterocycles. The molecular weight excluding hydrogens is 400 g/mol. The van der Waals surface area contributed by atoms with Crippen molar-refractivity contribution in [1.82, 2.24) is 9.97 Å². The monoisotopic (exact) mass is 416 g/mol. The van der Waals surface area contributed by atoms with Gasteiger partial charge in [-0.1, -0.05) is 0 Å². The molecule has 31 heavy (non-hydrogen) atoms. The fourth-order valence-electron chi connectivity index (χ4n) is 3.12. The SMILES string of the molecule is COc1ccc2nc(C(C#N)=Cc3ccc(-c4cc([N+](=O)[O-])ccc4OC)o3)[nH]c2c1. The number of nitriles is 1. The second-order valence-electron chi connectivity index (χ2n) is 6.48. The Morgan fingerprint density at radius 3 is 2.74 bits per heavy atom.